The molecule has 1 fully saturated rings. The maximum Gasteiger partial charge on any atom is 0.324 e. The van der Waals surface area contributed by atoms with Crippen LogP contribution in [0.1, 0.15) is 21.5 Å². The van der Waals surface area contributed by atoms with Crippen LogP contribution in [0.2, 0.25) is 0 Å². The fourth-order valence-corrected chi connectivity index (χ4v) is 4.49. The van der Waals surface area contributed by atoms with Crippen LogP contribution in [-0.4, -0.2) is 56.3 Å². The third-order valence-electron chi connectivity index (χ3n) is 5.05. The maximum absolute atomic E-state index is 13.3. The first-order valence-electron chi connectivity index (χ1n) is 9.45. The van der Waals surface area contributed by atoms with Gasteiger partial charge >= 0.3 is 6.03 Å². The Morgan fingerprint density at radius 1 is 1.03 bits per heavy atom. The summed E-state index contributed by atoms with van der Waals surface area (Å²) in [4.78, 5) is 28.3. The molecule has 1 saturated heterocycles. The van der Waals surface area contributed by atoms with E-state index in [1.54, 1.807) is 21.9 Å². The van der Waals surface area contributed by atoms with Gasteiger partial charge in [0.05, 0.1) is 24.6 Å². The standard InChI is InChI=1S/C21H25N3O4S/c1-16-4-2-3-5-19(16)24(21(26)23-10-12-29(27,28)13-11-23)15-17-6-8-18(9-7-17)20(25)14-22/h2-9H,10-15,22H2,1H3. The third-order valence-corrected chi connectivity index (χ3v) is 6.66. The second kappa shape index (κ2) is 8.75. The van der Waals surface area contributed by atoms with Crippen LogP contribution in [0, 0.1) is 6.92 Å². The van der Waals surface area contributed by atoms with Gasteiger partial charge in [-0.05, 0) is 24.1 Å². The summed E-state index contributed by atoms with van der Waals surface area (Å²) < 4.78 is 23.5. The Kier molecular flexibility index (Phi) is 6.34. The lowest BCUT2D eigenvalue weighted by Gasteiger charge is -2.33. The van der Waals surface area contributed by atoms with Gasteiger partial charge in [0.1, 0.15) is 0 Å². The Balaban J connectivity index is 1.87. The van der Waals surface area contributed by atoms with Gasteiger partial charge in [-0.2, -0.15) is 0 Å². The number of amides is 2. The van der Waals surface area contributed by atoms with E-state index in [1.807, 2.05) is 43.3 Å². The molecule has 3 rings (SSSR count). The molecule has 0 spiro atoms. The number of para-hydroxylation sites is 1. The lowest BCUT2D eigenvalue weighted by molar-refractivity contribution is 0.100. The molecule has 0 saturated carbocycles. The molecule has 29 heavy (non-hydrogen) atoms. The molecule has 0 bridgehead atoms. The van der Waals surface area contributed by atoms with E-state index < -0.39 is 9.84 Å². The van der Waals surface area contributed by atoms with E-state index in [4.69, 9.17) is 5.73 Å². The predicted molar refractivity (Wildman–Crippen MR) is 113 cm³/mol. The Bertz CT molecular complexity index is 989. The third kappa shape index (κ3) is 5.02. The summed E-state index contributed by atoms with van der Waals surface area (Å²) in [5.41, 5.74) is 8.52. The normalized spacial score (nSPS) is 15.7. The number of carbonyl (C=O) groups excluding carboxylic acids is 2. The fourth-order valence-electron chi connectivity index (χ4n) is 3.29. The number of aryl methyl sites for hydroxylation is 1. The number of rotatable bonds is 5. The summed E-state index contributed by atoms with van der Waals surface area (Å²) in [6, 6.07) is 14.4. The van der Waals surface area contributed by atoms with Crippen molar-refractivity contribution in [2.75, 3.05) is 36.0 Å². The van der Waals surface area contributed by atoms with Crippen LogP contribution < -0.4 is 10.6 Å². The van der Waals surface area contributed by atoms with Crippen molar-refractivity contribution in [3.8, 4) is 0 Å². The molecule has 8 heteroatoms. The molecule has 0 atom stereocenters. The Morgan fingerprint density at radius 2 is 1.66 bits per heavy atom. The molecule has 1 aliphatic rings. The summed E-state index contributed by atoms with van der Waals surface area (Å²) in [5, 5.41) is 0. The molecule has 0 aromatic heterocycles. The van der Waals surface area contributed by atoms with Gasteiger partial charge in [0.15, 0.2) is 15.6 Å². The highest BCUT2D eigenvalue weighted by Gasteiger charge is 2.29. The monoisotopic (exact) mass is 415 g/mol. The lowest BCUT2D eigenvalue weighted by atomic mass is 10.1. The average molecular weight is 416 g/mol. The van der Waals surface area contributed by atoms with Gasteiger partial charge in [-0.1, -0.05) is 42.5 Å². The second-order valence-electron chi connectivity index (χ2n) is 7.12. The van der Waals surface area contributed by atoms with Crippen molar-refractivity contribution >= 4 is 27.3 Å². The van der Waals surface area contributed by atoms with Crippen molar-refractivity contribution in [3.63, 3.8) is 0 Å². The van der Waals surface area contributed by atoms with E-state index in [1.165, 1.54) is 0 Å². The van der Waals surface area contributed by atoms with E-state index >= 15 is 0 Å². The van der Waals surface area contributed by atoms with Gasteiger partial charge in [0.2, 0.25) is 0 Å². The molecule has 154 valence electrons. The predicted octanol–water partition coefficient (Wildman–Crippen LogP) is 1.99. The van der Waals surface area contributed by atoms with Crippen molar-refractivity contribution < 1.29 is 18.0 Å². The molecule has 1 heterocycles. The topological polar surface area (TPSA) is 101 Å². The zero-order valence-corrected chi connectivity index (χ0v) is 17.2. The molecular formula is C21H25N3O4S. The number of nitrogens with two attached hydrogens (primary N) is 1. The fraction of sp³-hybridized carbons (Fsp3) is 0.333. The van der Waals surface area contributed by atoms with Crippen molar-refractivity contribution in [2.24, 2.45) is 5.73 Å². The molecular weight excluding hydrogens is 390 g/mol. The quantitative estimate of drug-likeness (QED) is 0.753. The number of hydrogen-bond donors (Lipinski definition) is 1. The Labute approximate surface area is 171 Å². The van der Waals surface area contributed by atoms with E-state index in [0.717, 1.165) is 16.8 Å². The van der Waals surface area contributed by atoms with Gasteiger partial charge in [-0.3, -0.25) is 9.69 Å². The van der Waals surface area contributed by atoms with E-state index in [9.17, 15) is 18.0 Å². The van der Waals surface area contributed by atoms with Gasteiger partial charge < -0.3 is 10.6 Å². The largest absolute Gasteiger partial charge is 0.324 e. The molecule has 0 aliphatic carbocycles. The van der Waals surface area contributed by atoms with Crippen molar-refractivity contribution in [2.45, 2.75) is 13.5 Å². The van der Waals surface area contributed by atoms with Crippen LogP contribution >= 0.6 is 0 Å². The summed E-state index contributed by atoms with van der Waals surface area (Å²) in [6.07, 6.45) is 0. The average Bonchev–Trinajstić information content (AvgIpc) is 2.72. The molecule has 0 radical (unpaired) electrons. The highest BCUT2D eigenvalue weighted by Crippen LogP contribution is 2.24. The molecule has 0 unspecified atom stereocenters. The van der Waals surface area contributed by atoms with Crippen LogP contribution in [0.15, 0.2) is 48.5 Å². The van der Waals surface area contributed by atoms with Gasteiger partial charge in [0, 0.05) is 24.3 Å². The number of benzene rings is 2. The van der Waals surface area contributed by atoms with E-state index in [0.29, 0.717) is 12.1 Å². The molecule has 2 amide bonds. The number of sulfone groups is 1. The molecule has 2 aromatic rings. The SMILES string of the molecule is Cc1ccccc1N(Cc1ccc(C(=O)CN)cc1)C(=O)N1CCS(=O)(=O)CC1. The highest BCUT2D eigenvalue weighted by molar-refractivity contribution is 7.91. The molecule has 1 aliphatic heterocycles. The highest BCUT2D eigenvalue weighted by atomic mass is 32.2. The summed E-state index contributed by atoms with van der Waals surface area (Å²) in [5.74, 6) is -0.176. The maximum atomic E-state index is 13.3. The van der Waals surface area contributed by atoms with E-state index in [-0.39, 0.29) is 43.0 Å². The van der Waals surface area contributed by atoms with Crippen LogP contribution in [0.25, 0.3) is 0 Å². The number of anilines is 1. The zero-order chi connectivity index (χ0) is 21.0. The Hall–Kier alpha value is -2.71. The van der Waals surface area contributed by atoms with Crippen LogP contribution in [0.4, 0.5) is 10.5 Å². The smallest absolute Gasteiger partial charge is 0.324 e. The second-order valence-corrected chi connectivity index (χ2v) is 9.42. The number of Topliss-reactive ketones (excluding diaryl/α,β-unsaturated/α-hetero) is 1. The van der Waals surface area contributed by atoms with Crippen LogP contribution in [0.3, 0.4) is 0 Å². The minimum atomic E-state index is -3.08. The minimum Gasteiger partial charge on any atom is -0.324 e. The minimum absolute atomic E-state index is 0.0176. The molecule has 7 nitrogen and oxygen atoms in total. The molecule has 2 N–H and O–H groups in total. The van der Waals surface area contributed by atoms with Gasteiger partial charge in [-0.15, -0.1) is 0 Å². The van der Waals surface area contributed by atoms with Crippen molar-refractivity contribution in [1.82, 2.24) is 4.90 Å². The first kappa shape index (κ1) is 21.0. The zero-order valence-electron chi connectivity index (χ0n) is 16.4. The van der Waals surface area contributed by atoms with Gasteiger partial charge in [0.25, 0.3) is 0 Å². The van der Waals surface area contributed by atoms with Crippen LogP contribution in [-0.2, 0) is 16.4 Å². The summed E-state index contributed by atoms with van der Waals surface area (Å²) >= 11 is 0. The first-order valence-corrected chi connectivity index (χ1v) is 11.3. The number of nitrogens with zero attached hydrogens (tertiary/aromatic N) is 2. The summed E-state index contributed by atoms with van der Waals surface area (Å²) in [7, 11) is -3.08. The van der Waals surface area contributed by atoms with E-state index in [2.05, 4.69) is 0 Å². The Morgan fingerprint density at radius 3 is 2.24 bits per heavy atom. The molecule has 2 aromatic carbocycles. The van der Waals surface area contributed by atoms with Crippen molar-refractivity contribution in [3.05, 3.63) is 65.2 Å². The summed E-state index contributed by atoms with van der Waals surface area (Å²) in [6.45, 7) is 2.56. The lowest BCUT2D eigenvalue weighted by Crippen LogP contribution is -2.50. The first-order chi connectivity index (χ1) is 13.8. The number of ketones is 1. The number of hydrogen-bond acceptors (Lipinski definition) is 5. The van der Waals surface area contributed by atoms with Crippen molar-refractivity contribution in [1.29, 1.82) is 0 Å². The number of urea groups is 1. The number of carbonyl (C=O) groups is 2. The van der Waals surface area contributed by atoms with Crippen LogP contribution in [0.5, 0.6) is 0 Å². The van der Waals surface area contributed by atoms with Gasteiger partial charge in [-0.25, -0.2) is 13.2 Å².